The van der Waals surface area contributed by atoms with E-state index in [1.807, 2.05) is 0 Å². The summed E-state index contributed by atoms with van der Waals surface area (Å²) in [6.45, 7) is 2.59. The molecule has 0 aliphatic carbocycles. The van der Waals surface area contributed by atoms with Crippen molar-refractivity contribution in [2.75, 3.05) is 12.4 Å². The molecule has 0 fully saturated rings. The van der Waals surface area contributed by atoms with E-state index in [0.717, 1.165) is 5.56 Å². The minimum absolute atomic E-state index is 0.232. The molecular weight excluding hydrogens is 214 g/mol. The second kappa shape index (κ2) is 6.36. The number of aromatic nitrogens is 2. The first kappa shape index (κ1) is 11.9. The summed E-state index contributed by atoms with van der Waals surface area (Å²) in [7, 11) is 0. The summed E-state index contributed by atoms with van der Waals surface area (Å²) in [6.07, 6.45) is 3.31. The Morgan fingerprint density at radius 1 is 1.53 bits per heavy atom. The Hall–Kier alpha value is -1.14. The zero-order valence-corrected chi connectivity index (χ0v) is 9.29. The van der Waals surface area contributed by atoms with Gasteiger partial charge in [-0.15, -0.1) is 0 Å². The SMILES string of the molecule is CCOC(=O)CSc1ncc(CN)cn1. The fraction of sp³-hybridized carbons (Fsp3) is 0.444. The first-order valence-corrected chi connectivity index (χ1v) is 5.54. The maximum absolute atomic E-state index is 11.0. The summed E-state index contributed by atoms with van der Waals surface area (Å²) in [5, 5.41) is 0.556. The molecule has 6 heteroatoms. The van der Waals surface area contributed by atoms with Crippen LogP contribution >= 0.6 is 11.8 Å². The molecule has 0 atom stereocenters. The van der Waals surface area contributed by atoms with Gasteiger partial charge in [0.15, 0.2) is 5.16 Å². The molecule has 0 aromatic carbocycles. The van der Waals surface area contributed by atoms with Crippen LogP contribution in [0.25, 0.3) is 0 Å². The van der Waals surface area contributed by atoms with E-state index >= 15 is 0 Å². The maximum atomic E-state index is 11.0. The van der Waals surface area contributed by atoms with Gasteiger partial charge in [-0.05, 0) is 6.92 Å². The van der Waals surface area contributed by atoms with Crippen LogP contribution in [0.15, 0.2) is 17.6 Å². The number of nitrogens with zero attached hydrogens (tertiary/aromatic N) is 2. The Kier molecular flexibility index (Phi) is 5.06. The summed E-state index contributed by atoms with van der Waals surface area (Å²) in [5.41, 5.74) is 6.27. The Balaban J connectivity index is 2.40. The van der Waals surface area contributed by atoms with Crippen molar-refractivity contribution in [3.8, 4) is 0 Å². The van der Waals surface area contributed by atoms with E-state index in [0.29, 0.717) is 18.3 Å². The lowest BCUT2D eigenvalue weighted by atomic mass is 10.4. The van der Waals surface area contributed by atoms with Crippen LogP contribution in [0.3, 0.4) is 0 Å². The molecule has 1 rings (SSSR count). The Labute approximate surface area is 92.4 Å². The van der Waals surface area contributed by atoms with Crippen LogP contribution in [0.4, 0.5) is 0 Å². The highest BCUT2D eigenvalue weighted by Crippen LogP contribution is 2.11. The third-order valence-corrected chi connectivity index (χ3v) is 2.39. The van der Waals surface area contributed by atoms with E-state index in [1.165, 1.54) is 11.8 Å². The molecule has 0 saturated carbocycles. The zero-order valence-electron chi connectivity index (χ0n) is 8.47. The predicted molar refractivity (Wildman–Crippen MR) is 57.3 cm³/mol. The second-order valence-electron chi connectivity index (χ2n) is 2.67. The highest BCUT2D eigenvalue weighted by Gasteiger charge is 2.04. The standard InChI is InChI=1S/C9H13N3O2S/c1-2-14-8(13)6-15-9-11-4-7(3-10)5-12-9/h4-5H,2-3,6,10H2,1H3. The fourth-order valence-electron chi connectivity index (χ4n) is 0.849. The van der Waals surface area contributed by atoms with Crippen molar-refractivity contribution in [3.05, 3.63) is 18.0 Å². The van der Waals surface area contributed by atoms with Crippen molar-refractivity contribution in [1.82, 2.24) is 9.97 Å². The third kappa shape index (κ3) is 4.26. The van der Waals surface area contributed by atoms with E-state index in [2.05, 4.69) is 9.97 Å². The van der Waals surface area contributed by atoms with Gasteiger partial charge >= 0.3 is 5.97 Å². The topological polar surface area (TPSA) is 78.1 Å². The van der Waals surface area contributed by atoms with Gasteiger partial charge in [0, 0.05) is 24.5 Å². The van der Waals surface area contributed by atoms with E-state index in [1.54, 1.807) is 19.3 Å². The number of carbonyl (C=O) groups is 1. The van der Waals surface area contributed by atoms with E-state index in [9.17, 15) is 4.79 Å². The molecule has 0 saturated heterocycles. The Morgan fingerprint density at radius 2 is 2.20 bits per heavy atom. The number of carbonyl (C=O) groups excluding carboxylic acids is 1. The van der Waals surface area contributed by atoms with Crippen LogP contribution < -0.4 is 5.73 Å². The Morgan fingerprint density at radius 3 is 2.73 bits per heavy atom. The molecule has 1 aromatic rings. The average Bonchev–Trinajstić information content (AvgIpc) is 2.27. The normalized spacial score (nSPS) is 10.0. The molecule has 0 unspecified atom stereocenters. The molecule has 82 valence electrons. The van der Waals surface area contributed by atoms with Gasteiger partial charge < -0.3 is 10.5 Å². The minimum atomic E-state index is -0.256. The summed E-state index contributed by atoms with van der Waals surface area (Å²) in [5.74, 6) is -0.0236. The van der Waals surface area contributed by atoms with Crippen molar-refractivity contribution < 1.29 is 9.53 Å². The highest BCUT2D eigenvalue weighted by atomic mass is 32.2. The average molecular weight is 227 g/mol. The van der Waals surface area contributed by atoms with Gasteiger partial charge in [0.25, 0.3) is 0 Å². The quantitative estimate of drug-likeness (QED) is 0.450. The van der Waals surface area contributed by atoms with E-state index in [-0.39, 0.29) is 11.7 Å². The molecule has 0 radical (unpaired) electrons. The van der Waals surface area contributed by atoms with Gasteiger partial charge in [0.2, 0.25) is 0 Å². The lowest BCUT2D eigenvalue weighted by Gasteiger charge is -2.01. The fourth-order valence-corrected chi connectivity index (χ4v) is 1.43. The number of esters is 1. The molecule has 0 bridgehead atoms. The van der Waals surface area contributed by atoms with Crippen LogP contribution in [0, 0.1) is 0 Å². The number of rotatable bonds is 5. The lowest BCUT2D eigenvalue weighted by molar-refractivity contribution is -0.139. The first-order valence-electron chi connectivity index (χ1n) is 4.55. The summed E-state index contributed by atoms with van der Waals surface area (Å²) < 4.78 is 4.77. The van der Waals surface area contributed by atoms with E-state index < -0.39 is 0 Å². The van der Waals surface area contributed by atoms with Crippen molar-refractivity contribution in [1.29, 1.82) is 0 Å². The summed E-state index contributed by atoms with van der Waals surface area (Å²) in [6, 6.07) is 0. The third-order valence-electron chi connectivity index (χ3n) is 1.54. The van der Waals surface area contributed by atoms with E-state index in [4.69, 9.17) is 10.5 Å². The largest absolute Gasteiger partial charge is 0.465 e. The Bertz CT molecular complexity index is 316. The minimum Gasteiger partial charge on any atom is -0.465 e. The van der Waals surface area contributed by atoms with Crippen molar-refractivity contribution >= 4 is 17.7 Å². The van der Waals surface area contributed by atoms with Gasteiger partial charge in [0.1, 0.15) is 0 Å². The van der Waals surface area contributed by atoms with Crippen LogP contribution in [0.2, 0.25) is 0 Å². The summed E-state index contributed by atoms with van der Waals surface area (Å²) in [4.78, 5) is 19.1. The van der Waals surface area contributed by atoms with Gasteiger partial charge in [-0.25, -0.2) is 9.97 Å². The number of thioether (sulfide) groups is 1. The number of hydrogen-bond acceptors (Lipinski definition) is 6. The van der Waals surface area contributed by atoms with Gasteiger partial charge in [0.05, 0.1) is 12.4 Å². The molecule has 0 aliphatic rings. The molecular formula is C9H13N3O2S. The van der Waals surface area contributed by atoms with Crippen LogP contribution in [-0.4, -0.2) is 28.3 Å². The molecule has 1 aromatic heterocycles. The molecule has 5 nitrogen and oxygen atoms in total. The highest BCUT2D eigenvalue weighted by molar-refractivity contribution is 7.99. The molecule has 0 amide bonds. The lowest BCUT2D eigenvalue weighted by Crippen LogP contribution is -2.07. The van der Waals surface area contributed by atoms with Crippen molar-refractivity contribution in [2.24, 2.45) is 5.73 Å². The van der Waals surface area contributed by atoms with Crippen LogP contribution in [0.5, 0.6) is 0 Å². The van der Waals surface area contributed by atoms with Crippen LogP contribution in [0.1, 0.15) is 12.5 Å². The van der Waals surface area contributed by atoms with Crippen LogP contribution in [-0.2, 0) is 16.1 Å². The molecule has 2 N–H and O–H groups in total. The monoisotopic (exact) mass is 227 g/mol. The summed E-state index contributed by atoms with van der Waals surface area (Å²) >= 11 is 1.25. The molecule has 15 heavy (non-hydrogen) atoms. The number of ether oxygens (including phenoxy) is 1. The number of hydrogen-bond donors (Lipinski definition) is 1. The zero-order chi connectivity index (χ0) is 11.1. The molecule has 0 spiro atoms. The molecule has 0 aliphatic heterocycles. The molecule has 1 heterocycles. The number of nitrogens with two attached hydrogens (primary N) is 1. The maximum Gasteiger partial charge on any atom is 0.316 e. The first-order chi connectivity index (χ1) is 7.26. The smallest absolute Gasteiger partial charge is 0.316 e. The van der Waals surface area contributed by atoms with Gasteiger partial charge in [-0.3, -0.25) is 4.79 Å². The van der Waals surface area contributed by atoms with Gasteiger partial charge in [-0.2, -0.15) is 0 Å². The predicted octanol–water partition coefficient (Wildman–Crippen LogP) is 0.591. The van der Waals surface area contributed by atoms with Gasteiger partial charge in [-0.1, -0.05) is 11.8 Å². The van der Waals surface area contributed by atoms with Crippen molar-refractivity contribution in [2.45, 2.75) is 18.6 Å². The van der Waals surface area contributed by atoms with Crippen molar-refractivity contribution in [3.63, 3.8) is 0 Å². The second-order valence-corrected chi connectivity index (χ2v) is 3.61.